The summed E-state index contributed by atoms with van der Waals surface area (Å²) < 4.78 is 13.1. The Bertz CT molecular complexity index is 611. The number of anilines is 2. The van der Waals surface area contributed by atoms with Crippen molar-refractivity contribution in [3.63, 3.8) is 0 Å². The molecule has 0 bridgehead atoms. The van der Waals surface area contributed by atoms with E-state index < -0.39 is 5.97 Å². The fourth-order valence-electron chi connectivity index (χ4n) is 1.88. The zero-order valence-electron chi connectivity index (χ0n) is 10.5. The maximum absolute atomic E-state index is 13.1. The van der Waals surface area contributed by atoms with E-state index >= 15 is 0 Å². The summed E-state index contributed by atoms with van der Waals surface area (Å²) in [7, 11) is 0. The predicted octanol–water partition coefficient (Wildman–Crippen LogP) is 3.50. The highest BCUT2D eigenvalue weighted by Gasteiger charge is 2.08. The molecule has 0 radical (unpaired) electrons. The third kappa shape index (κ3) is 3.55. The molecule has 0 saturated heterocycles. The topological polar surface area (TPSA) is 49.3 Å². The molecule has 0 aliphatic rings. The molecule has 2 aromatic rings. The van der Waals surface area contributed by atoms with E-state index in [9.17, 15) is 9.18 Å². The van der Waals surface area contributed by atoms with Crippen molar-refractivity contribution < 1.29 is 14.3 Å². The Kier molecular flexibility index (Phi) is 3.80. The van der Waals surface area contributed by atoms with Crippen LogP contribution in [-0.4, -0.2) is 11.1 Å². The molecular formula is C15H14FNO2. The molecule has 2 aromatic carbocycles. The highest BCUT2D eigenvalue weighted by molar-refractivity contribution is 5.75. The fourth-order valence-corrected chi connectivity index (χ4v) is 1.88. The molecule has 0 aliphatic carbocycles. The van der Waals surface area contributed by atoms with Gasteiger partial charge in [-0.05, 0) is 36.8 Å². The van der Waals surface area contributed by atoms with Crippen LogP contribution >= 0.6 is 0 Å². The number of hydrogen-bond donors (Lipinski definition) is 2. The number of benzene rings is 2. The summed E-state index contributed by atoms with van der Waals surface area (Å²) in [5.74, 6) is -1.23. The SMILES string of the molecule is Cc1ccc(Nc2cccc(F)c2)c(CC(=O)O)c1. The average Bonchev–Trinajstić information content (AvgIpc) is 2.32. The summed E-state index contributed by atoms with van der Waals surface area (Å²) in [6.45, 7) is 1.90. The maximum atomic E-state index is 13.1. The number of aliphatic carboxylic acids is 1. The molecule has 0 atom stereocenters. The van der Waals surface area contributed by atoms with Crippen LogP contribution in [0.3, 0.4) is 0 Å². The van der Waals surface area contributed by atoms with Crippen molar-refractivity contribution in [2.75, 3.05) is 5.32 Å². The minimum absolute atomic E-state index is 0.0701. The molecule has 0 fully saturated rings. The number of carboxylic acid groups (broad SMARTS) is 1. The lowest BCUT2D eigenvalue weighted by molar-refractivity contribution is -0.136. The van der Waals surface area contributed by atoms with Crippen LogP contribution in [0.25, 0.3) is 0 Å². The van der Waals surface area contributed by atoms with E-state index in [1.807, 2.05) is 19.1 Å². The van der Waals surface area contributed by atoms with Crippen LogP contribution in [0.1, 0.15) is 11.1 Å². The quantitative estimate of drug-likeness (QED) is 0.883. The van der Waals surface area contributed by atoms with E-state index in [0.717, 1.165) is 5.56 Å². The Morgan fingerprint density at radius 2 is 2.05 bits per heavy atom. The Labute approximate surface area is 110 Å². The van der Waals surface area contributed by atoms with Gasteiger partial charge in [-0.3, -0.25) is 4.79 Å². The zero-order valence-corrected chi connectivity index (χ0v) is 10.5. The van der Waals surface area contributed by atoms with E-state index in [4.69, 9.17) is 5.11 Å². The molecule has 3 nitrogen and oxygen atoms in total. The Morgan fingerprint density at radius 3 is 2.74 bits per heavy atom. The molecule has 0 spiro atoms. The Morgan fingerprint density at radius 1 is 1.26 bits per heavy atom. The highest BCUT2D eigenvalue weighted by Crippen LogP contribution is 2.23. The molecule has 98 valence electrons. The number of carbonyl (C=O) groups is 1. The van der Waals surface area contributed by atoms with Crippen LogP contribution in [-0.2, 0) is 11.2 Å². The first-order chi connectivity index (χ1) is 9.04. The van der Waals surface area contributed by atoms with Crippen LogP contribution in [0, 0.1) is 12.7 Å². The first kappa shape index (κ1) is 13.1. The number of halogens is 1. The number of nitrogens with one attached hydrogen (secondary N) is 1. The van der Waals surface area contributed by atoms with Crippen molar-refractivity contribution in [1.82, 2.24) is 0 Å². The maximum Gasteiger partial charge on any atom is 0.307 e. The molecule has 0 unspecified atom stereocenters. The summed E-state index contributed by atoms with van der Waals surface area (Å²) in [6.07, 6.45) is -0.0701. The molecule has 2 N–H and O–H groups in total. The van der Waals surface area contributed by atoms with E-state index in [2.05, 4.69) is 5.32 Å². The van der Waals surface area contributed by atoms with Crippen LogP contribution in [0.15, 0.2) is 42.5 Å². The molecule has 19 heavy (non-hydrogen) atoms. The summed E-state index contributed by atoms with van der Waals surface area (Å²) in [6, 6.07) is 11.6. The third-order valence-corrected chi connectivity index (χ3v) is 2.71. The Hall–Kier alpha value is -2.36. The smallest absolute Gasteiger partial charge is 0.307 e. The van der Waals surface area contributed by atoms with Crippen molar-refractivity contribution in [2.45, 2.75) is 13.3 Å². The van der Waals surface area contributed by atoms with Crippen LogP contribution in [0.2, 0.25) is 0 Å². The molecule has 0 aliphatic heterocycles. The van der Waals surface area contributed by atoms with E-state index in [0.29, 0.717) is 16.9 Å². The van der Waals surface area contributed by atoms with Gasteiger partial charge in [0, 0.05) is 11.4 Å². The van der Waals surface area contributed by atoms with Crippen LogP contribution < -0.4 is 5.32 Å². The van der Waals surface area contributed by atoms with Crippen molar-refractivity contribution in [1.29, 1.82) is 0 Å². The van der Waals surface area contributed by atoms with E-state index in [-0.39, 0.29) is 12.2 Å². The van der Waals surface area contributed by atoms with Crippen molar-refractivity contribution >= 4 is 17.3 Å². The molecular weight excluding hydrogens is 245 g/mol. The first-order valence-corrected chi connectivity index (χ1v) is 5.88. The number of hydrogen-bond acceptors (Lipinski definition) is 2. The normalized spacial score (nSPS) is 10.2. The van der Waals surface area contributed by atoms with Gasteiger partial charge in [-0.25, -0.2) is 4.39 Å². The second-order valence-corrected chi connectivity index (χ2v) is 4.37. The van der Waals surface area contributed by atoms with Gasteiger partial charge in [-0.1, -0.05) is 23.8 Å². The van der Waals surface area contributed by atoms with Gasteiger partial charge < -0.3 is 10.4 Å². The molecule has 4 heteroatoms. The lowest BCUT2D eigenvalue weighted by Gasteiger charge is -2.12. The monoisotopic (exact) mass is 259 g/mol. The molecule has 0 saturated carbocycles. The molecule has 0 amide bonds. The van der Waals surface area contributed by atoms with E-state index in [1.54, 1.807) is 18.2 Å². The van der Waals surface area contributed by atoms with Crippen molar-refractivity contribution in [3.8, 4) is 0 Å². The van der Waals surface area contributed by atoms with Crippen LogP contribution in [0.4, 0.5) is 15.8 Å². The molecule has 0 heterocycles. The lowest BCUT2D eigenvalue weighted by Crippen LogP contribution is -2.04. The third-order valence-electron chi connectivity index (χ3n) is 2.71. The second-order valence-electron chi connectivity index (χ2n) is 4.37. The summed E-state index contributed by atoms with van der Waals surface area (Å²) >= 11 is 0. The summed E-state index contributed by atoms with van der Waals surface area (Å²) in [5, 5.41) is 11.9. The van der Waals surface area contributed by atoms with Gasteiger partial charge >= 0.3 is 5.97 Å². The first-order valence-electron chi connectivity index (χ1n) is 5.88. The Balaban J connectivity index is 2.31. The van der Waals surface area contributed by atoms with Gasteiger partial charge in [0.1, 0.15) is 5.82 Å². The van der Waals surface area contributed by atoms with Gasteiger partial charge in [0.05, 0.1) is 6.42 Å². The lowest BCUT2D eigenvalue weighted by atomic mass is 10.1. The largest absolute Gasteiger partial charge is 0.481 e. The molecule has 0 aromatic heterocycles. The fraction of sp³-hybridized carbons (Fsp3) is 0.133. The van der Waals surface area contributed by atoms with Crippen LogP contribution in [0.5, 0.6) is 0 Å². The minimum Gasteiger partial charge on any atom is -0.481 e. The standard InChI is InChI=1S/C15H14FNO2/c1-10-5-6-14(11(7-10)8-15(18)19)17-13-4-2-3-12(16)9-13/h2-7,9,17H,8H2,1H3,(H,18,19). The molecule has 2 rings (SSSR count). The average molecular weight is 259 g/mol. The van der Waals surface area contributed by atoms with Gasteiger partial charge in [0.2, 0.25) is 0 Å². The highest BCUT2D eigenvalue weighted by atomic mass is 19.1. The minimum atomic E-state index is -0.895. The van der Waals surface area contributed by atoms with Crippen molar-refractivity contribution in [3.05, 3.63) is 59.4 Å². The number of aryl methyl sites for hydroxylation is 1. The number of rotatable bonds is 4. The van der Waals surface area contributed by atoms with Crippen molar-refractivity contribution in [2.24, 2.45) is 0 Å². The second kappa shape index (κ2) is 5.52. The summed E-state index contributed by atoms with van der Waals surface area (Å²) in [4.78, 5) is 10.9. The van der Waals surface area contributed by atoms with E-state index in [1.165, 1.54) is 12.1 Å². The van der Waals surface area contributed by atoms with Gasteiger partial charge in [0.15, 0.2) is 0 Å². The van der Waals surface area contributed by atoms with Gasteiger partial charge in [-0.2, -0.15) is 0 Å². The van der Waals surface area contributed by atoms with Gasteiger partial charge in [-0.15, -0.1) is 0 Å². The number of carboxylic acids is 1. The van der Waals surface area contributed by atoms with Gasteiger partial charge in [0.25, 0.3) is 0 Å². The predicted molar refractivity (Wildman–Crippen MR) is 72.2 cm³/mol. The zero-order chi connectivity index (χ0) is 13.8. The summed E-state index contributed by atoms with van der Waals surface area (Å²) in [5.41, 5.74) is 2.94.